The lowest BCUT2D eigenvalue weighted by Gasteiger charge is -2.39. The van der Waals surface area contributed by atoms with E-state index in [1.165, 1.54) is 12.1 Å². The molecule has 2 aliphatic heterocycles. The van der Waals surface area contributed by atoms with Gasteiger partial charge in [0.15, 0.2) is 0 Å². The number of anilines is 1. The Bertz CT molecular complexity index is 1300. The summed E-state index contributed by atoms with van der Waals surface area (Å²) in [4.78, 5) is 6.83. The summed E-state index contributed by atoms with van der Waals surface area (Å²) in [5, 5.41) is 13.2. The minimum Gasteiger partial charge on any atom is -0.405 e. The van der Waals surface area contributed by atoms with Gasteiger partial charge in [0.2, 0.25) is 0 Å². The Morgan fingerprint density at radius 1 is 1.05 bits per heavy atom. The molecule has 0 N–H and O–H groups in total. The van der Waals surface area contributed by atoms with E-state index in [1.54, 1.807) is 24.4 Å². The summed E-state index contributed by atoms with van der Waals surface area (Å²) in [6, 6.07) is 12.4. The number of benzene rings is 1. The number of para-hydroxylation sites is 1. The average Bonchev–Trinajstić information content (AvgIpc) is 3.58. The topological polar surface area (TPSA) is 84.4 Å². The highest BCUT2D eigenvalue weighted by molar-refractivity contribution is 5.70. The molecule has 7 nitrogen and oxygen atoms in total. The van der Waals surface area contributed by atoms with Gasteiger partial charge in [-0.25, -0.2) is 4.98 Å². The Morgan fingerprint density at radius 2 is 1.81 bits per heavy atom. The van der Waals surface area contributed by atoms with Gasteiger partial charge in [-0.15, -0.1) is 13.2 Å². The maximum atomic E-state index is 13.0. The van der Waals surface area contributed by atoms with Crippen LogP contribution in [0.15, 0.2) is 47.1 Å². The first-order chi connectivity index (χ1) is 17.9. The van der Waals surface area contributed by atoms with E-state index in [-0.39, 0.29) is 42.0 Å². The molecule has 1 aliphatic carbocycles. The number of ether oxygens (including phenoxy) is 2. The van der Waals surface area contributed by atoms with E-state index in [0.717, 1.165) is 44.3 Å². The maximum absolute atomic E-state index is 13.0. The molecular weight excluding hydrogens is 485 g/mol. The first kappa shape index (κ1) is 23.8. The van der Waals surface area contributed by atoms with E-state index in [0.29, 0.717) is 22.6 Å². The van der Waals surface area contributed by atoms with Gasteiger partial charge in [-0.05, 0) is 62.8 Å². The second-order valence-corrected chi connectivity index (χ2v) is 9.91. The van der Waals surface area contributed by atoms with Crippen molar-refractivity contribution in [2.24, 2.45) is 0 Å². The molecule has 10 heteroatoms. The highest BCUT2D eigenvalue weighted by Gasteiger charge is 2.42. The third kappa shape index (κ3) is 4.88. The number of hydrogen-bond donors (Lipinski definition) is 0. The van der Waals surface area contributed by atoms with Crippen LogP contribution in [0.1, 0.15) is 61.3 Å². The molecule has 2 aromatic heterocycles. The molecule has 0 radical (unpaired) electrons. The Hall–Kier alpha value is -3.58. The van der Waals surface area contributed by atoms with Crippen LogP contribution in [0.5, 0.6) is 5.75 Å². The molecule has 2 saturated heterocycles. The summed E-state index contributed by atoms with van der Waals surface area (Å²) in [6.45, 7) is 0.213. The van der Waals surface area contributed by atoms with E-state index in [2.05, 4.69) is 25.8 Å². The van der Waals surface area contributed by atoms with Crippen molar-refractivity contribution in [1.82, 2.24) is 10.1 Å². The predicted molar refractivity (Wildman–Crippen MR) is 127 cm³/mol. The first-order valence-corrected chi connectivity index (χ1v) is 12.5. The fourth-order valence-corrected chi connectivity index (χ4v) is 5.66. The van der Waals surface area contributed by atoms with Gasteiger partial charge in [0.05, 0.1) is 18.3 Å². The van der Waals surface area contributed by atoms with Crippen LogP contribution in [-0.2, 0) is 11.3 Å². The summed E-state index contributed by atoms with van der Waals surface area (Å²) < 4.78 is 55.4. The van der Waals surface area contributed by atoms with E-state index < -0.39 is 6.36 Å². The normalized spacial score (nSPS) is 23.2. The number of pyridine rings is 1. The van der Waals surface area contributed by atoms with E-state index in [1.807, 2.05) is 6.07 Å². The highest BCUT2D eigenvalue weighted by Crippen LogP contribution is 2.46. The second kappa shape index (κ2) is 9.38. The Kier molecular flexibility index (Phi) is 6.03. The van der Waals surface area contributed by atoms with Crippen molar-refractivity contribution >= 4 is 5.82 Å². The number of alkyl halides is 3. The van der Waals surface area contributed by atoms with Gasteiger partial charge in [-0.3, -0.25) is 0 Å². The summed E-state index contributed by atoms with van der Waals surface area (Å²) in [5.41, 5.74) is 1.80. The van der Waals surface area contributed by atoms with Crippen molar-refractivity contribution in [2.45, 2.75) is 75.6 Å². The standard InChI is InChI=1S/C27H25F3N4O3/c28-27(29,30)36-23-4-2-1-3-21(23)25-22(26(37-33-25)17-6-7-17)15-35-20-11-18-8-9-19(12-20)34(18)24-10-5-16(13-31)14-32-24/h1-5,10,14,17-20H,6-9,11-12,15H2/t18-,19+,20?. The number of hydrogen-bond acceptors (Lipinski definition) is 7. The number of fused-ring (bicyclic) bond motifs is 2. The number of nitriles is 1. The van der Waals surface area contributed by atoms with Crippen LogP contribution in [0.25, 0.3) is 11.3 Å². The molecule has 1 saturated carbocycles. The van der Waals surface area contributed by atoms with E-state index >= 15 is 0 Å². The maximum Gasteiger partial charge on any atom is 0.573 e. The SMILES string of the molecule is N#Cc1ccc(N2[C@@H]3CC[C@H]2CC(OCc2c(-c4ccccc4OC(F)(F)F)noc2C2CC2)C3)nc1. The van der Waals surface area contributed by atoms with Crippen molar-refractivity contribution in [2.75, 3.05) is 4.90 Å². The predicted octanol–water partition coefficient (Wildman–Crippen LogP) is 6.10. The van der Waals surface area contributed by atoms with Crippen molar-refractivity contribution in [3.8, 4) is 23.1 Å². The largest absolute Gasteiger partial charge is 0.573 e. The van der Waals surface area contributed by atoms with Crippen LogP contribution in [0.2, 0.25) is 0 Å². The Morgan fingerprint density at radius 3 is 2.46 bits per heavy atom. The lowest BCUT2D eigenvalue weighted by Crippen LogP contribution is -2.46. The smallest absolute Gasteiger partial charge is 0.405 e. The van der Waals surface area contributed by atoms with Crippen LogP contribution in [-0.4, -0.2) is 34.7 Å². The van der Waals surface area contributed by atoms with Gasteiger partial charge in [0, 0.05) is 35.3 Å². The lowest BCUT2D eigenvalue weighted by atomic mass is 9.99. The molecule has 0 spiro atoms. The number of halogens is 3. The molecule has 1 aromatic carbocycles. The third-order valence-corrected chi connectivity index (χ3v) is 7.43. The number of aromatic nitrogens is 2. The molecule has 192 valence electrons. The van der Waals surface area contributed by atoms with Crippen LogP contribution in [0.3, 0.4) is 0 Å². The van der Waals surface area contributed by atoms with Gasteiger partial charge in [0.25, 0.3) is 0 Å². The molecule has 2 bridgehead atoms. The molecule has 6 rings (SSSR count). The molecule has 0 amide bonds. The summed E-state index contributed by atoms with van der Waals surface area (Å²) in [5.74, 6) is 1.48. The van der Waals surface area contributed by atoms with Crippen molar-refractivity contribution < 1.29 is 27.2 Å². The molecular formula is C27H25F3N4O3. The molecule has 4 heterocycles. The summed E-state index contributed by atoms with van der Waals surface area (Å²) in [6.07, 6.45) is 2.45. The van der Waals surface area contributed by atoms with E-state index in [9.17, 15) is 13.2 Å². The Labute approximate surface area is 211 Å². The monoisotopic (exact) mass is 510 g/mol. The zero-order valence-corrected chi connectivity index (χ0v) is 19.9. The number of piperidine rings is 1. The zero-order valence-electron chi connectivity index (χ0n) is 19.9. The van der Waals surface area contributed by atoms with Crippen LogP contribution in [0.4, 0.5) is 19.0 Å². The number of rotatable bonds is 7. The Balaban J connectivity index is 1.20. The average molecular weight is 511 g/mol. The molecule has 3 fully saturated rings. The molecule has 3 aliphatic rings. The van der Waals surface area contributed by atoms with Crippen LogP contribution in [0, 0.1) is 11.3 Å². The van der Waals surface area contributed by atoms with Gasteiger partial charge in [-0.1, -0.05) is 17.3 Å². The van der Waals surface area contributed by atoms with Gasteiger partial charge >= 0.3 is 6.36 Å². The van der Waals surface area contributed by atoms with Gasteiger partial charge in [0.1, 0.15) is 29.1 Å². The number of nitrogens with zero attached hydrogens (tertiary/aromatic N) is 4. The zero-order chi connectivity index (χ0) is 25.6. The van der Waals surface area contributed by atoms with E-state index in [4.69, 9.17) is 14.5 Å². The van der Waals surface area contributed by atoms with Gasteiger partial charge in [-0.2, -0.15) is 5.26 Å². The first-order valence-electron chi connectivity index (χ1n) is 12.5. The van der Waals surface area contributed by atoms with Gasteiger partial charge < -0.3 is 18.9 Å². The summed E-state index contributed by atoms with van der Waals surface area (Å²) in [7, 11) is 0. The minimum absolute atomic E-state index is 0.00334. The van der Waals surface area contributed by atoms with Crippen molar-refractivity contribution in [3.63, 3.8) is 0 Å². The van der Waals surface area contributed by atoms with Crippen molar-refractivity contribution in [1.29, 1.82) is 5.26 Å². The highest BCUT2D eigenvalue weighted by atomic mass is 19.4. The van der Waals surface area contributed by atoms with Crippen LogP contribution < -0.4 is 9.64 Å². The summed E-state index contributed by atoms with van der Waals surface area (Å²) >= 11 is 0. The third-order valence-electron chi connectivity index (χ3n) is 7.43. The molecule has 1 unspecified atom stereocenters. The fourth-order valence-electron chi connectivity index (χ4n) is 5.66. The molecule has 3 aromatic rings. The molecule has 3 atom stereocenters. The van der Waals surface area contributed by atoms with Crippen molar-refractivity contribution in [3.05, 3.63) is 59.5 Å². The quantitative estimate of drug-likeness (QED) is 0.380. The fraction of sp³-hybridized carbons (Fsp3) is 0.444. The molecule has 37 heavy (non-hydrogen) atoms. The van der Waals surface area contributed by atoms with Crippen LogP contribution >= 0.6 is 0 Å². The minimum atomic E-state index is -4.81. The second-order valence-electron chi connectivity index (χ2n) is 9.91. The lowest BCUT2D eigenvalue weighted by molar-refractivity contribution is -0.274.